The van der Waals surface area contributed by atoms with Gasteiger partial charge in [0.25, 0.3) is 0 Å². The fraction of sp³-hybridized carbons (Fsp3) is 0.500. The monoisotopic (exact) mass is 328 g/mol. The van der Waals surface area contributed by atoms with Gasteiger partial charge in [-0.1, -0.05) is 12.1 Å². The van der Waals surface area contributed by atoms with E-state index in [2.05, 4.69) is 9.62 Å². The number of sulfonamides is 1. The molecule has 0 spiro atoms. The number of rotatable bonds is 6. The van der Waals surface area contributed by atoms with E-state index in [0.29, 0.717) is 26.3 Å². The molecule has 1 fully saturated rings. The van der Waals surface area contributed by atoms with E-state index in [0.717, 1.165) is 5.56 Å². The minimum Gasteiger partial charge on any atom is -0.481 e. The molecule has 1 aromatic rings. The summed E-state index contributed by atoms with van der Waals surface area (Å²) in [5, 5.41) is 8.95. The molecule has 1 saturated heterocycles. The Labute approximate surface area is 129 Å². The van der Waals surface area contributed by atoms with E-state index in [-0.39, 0.29) is 17.4 Å². The summed E-state index contributed by atoms with van der Waals surface area (Å²) in [6.45, 7) is 2.20. The summed E-state index contributed by atoms with van der Waals surface area (Å²) in [6.07, 6.45) is 0.0339. The number of carboxylic acids is 1. The fourth-order valence-electron chi connectivity index (χ4n) is 2.41. The molecule has 1 aliphatic heterocycles. The average molecular weight is 328 g/mol. The van der Waals surface area contributed by atoms with Crippen LogP contribution in [0, 0.1) is 0 Å². The van der Waals surface area contributed by atoms with Crippen LogP contribution < -0.4 is 4.72 Å². The van der Waals surface area contributed by atoms with Crippen LogP contribution in [0.2, 0.25) is 0 Å². The normalized spacial score (nSPS) is 20.0. The maximum Gasteiger partial charge on any atom is 0.305 e. The Morgan fingerprint density at radius 2 is 2.09 bits per heavy atom. The molecular weight excluding hydrogens is 308 g/mol. The molecule has 0 unspecified atom stereocenters. The molecule has 0 bridgehead atoms. The van der Waals surface area contributed by atoms with Gasteiger partial charge in [0.1, 0.15) is 0 Å². The van der Waals surface area contributed by atoms with Crippen LogP contribution in [-0.2, 0) is 26.1 Å². The molecule has 1 aliphatic rings. The third kappa shape index (κ3) is 4.26. The number of hydrogen-bond acceptors (Lipinski definition) is 5. The predicted octanol–water partition coefficient (Wildman–Crippen LogP) is 0.270. The number of morpholine rings is 1. The number of nitrogens with zero attached hydrogens (tertiary/aromatic N) is 1. The van der Waals surface area contributed by atoms with Gasteiger partial charge in [-0.15, -0.1) is 0 Å². The van der Waals surface area contributed by atoms with Crippen molar-refractivity contribution in [2.75, 3.05) is 26.8 Å². The molecule has 8 heteroatoms. The number of nitrogens with one attached hydrogen (secondary N) is 1. The molecule has 1 atom stereocenters. The zero-order valence-corrected chi connectivity index (χ0v) is 13.2. The molecule has 2 N–H and O–H groups in total. The number of carboxylic acid groups (broad SMARTS) is 1. The van der Waals surface area contributed by atoms with E-state index in [1.165, 1.54) is 7.05 Å². The van der Waals surface area contributed by atoms with Crippen molar-refractivity contribution in [3.8, 4) is 0 Å². The molecule has 0 aliphatic carbocycles. The van der Waals surface area contributed by atoms with E-state index in [9.17, 15) is 13.2 Å². The van der Waals surface area contributed by atoms with Gasteiger partial charge in [-0.05, 0) is 24.7 Å². The molecule has 2 rings (SSSR count). The van der Waals surface area contributed by atoms with Gasteiger partial charge < -0.3 is 9.84 Å². The smallest absolute Gasteiger partial charge is 0.305 e. The summed E-state index contributed by atoms with van der Waals surface area (Å²) in [7, 11) is -2.07. The molecule has 0 amide bonds. The first-order valence-corrected chi connectivity index (χ1v) is 8.47. The summed E-state index contributed by atoms with van der Waals surface area (Å²) in [5.41, 5.74) is 0.937. The van der Waals surface area contributed by atoms with Crippen molar-refractivity contribution in [3.05, 3.63) is 29.8 Å². The van der Waals surface area contributed by atoms with Gasteiger partial charge in [0.05, 0.1) is 24.5 Å². The van der Waals surface area contributed by atoms with E-state index >= 15 is 0 Å². The highest BCUT2D eigenvalue weighted by Crippen LogP contribution is 2.17. The second-order valence-corrected chi connectivity index (χ2v) is 7.04. The first kappa shape index (κ1) is 16.9. The SMILES string of the molecule is CNS(=O)(=O)c1ccc(CN2CCOC[C@@H]2CC(=O)O)cc1. The third-order valence-corrected chi connectivity index (χ3v) is 5.08. The topological polar surface area (TPSA) is 95.9 Å². The maximum atomic E-state index is 11.7. The molecule has 0 radical (unpaired) electrons. The van der Waals surface area contributed by atoms with Crippen molar-refractivity contribution in [1.82, 2.24) is 9.62 Å². The van der Waals surface area contributed by atoms with Crippen molar-refractivity contribution in [2.24, 2.45) is 0 Å². The summed E-state index contributed by atoms with van der Waals surface area (Å²) < 4.78 is 30.9. The highest BCUT2D eigenvalue weighted by Gasteiger charge is 2.25. The summed E-state index contributed by atoms with van der Waals surface area (Å²) in [4.78, 5) is 13.2. The molecular formula is C14H20N2O5S. The molecule has 122 valence electrons. The lowest BCUT2D eigenvalue weighted by molar-refractivity contribution is -0.140. The van der Waals surface area contributed by atoms with Gasteiger partial charge >= 0.3 is 5.97 Å². The number of aliphatic carboxylic acids is 1. The Morgan fingerprint density at radius 3 is 2.68 bits per heavy atom. The lowest BCUT2D eigenvalue weighted by atomic mass is 10.1. The predicted molar refractivity (Wildman–Crippen MR) is 80.0 cm³/mol. The maximum absolute atomic E-state index is 11.7. The van der Waals surface area contributed by atoms with Crippen LogP contribution in [0.25, 0.3) is 0 Å². The second-order valence-electron chi connectivity index (χ2n) is 5.15. The average Bonchev–Trinajstić information content (AvgIpc) is 2.49. The van der Waals surface area contributed by atoms with Crippen LogP contribution >= 0.6 is 0 Å². The molecule has 22 heavy (non-hydrogen) atoms. The number of hydrogen-bond donors (Lipinski definition) is 2. The highest BCUT2D eigenvalue weighted by molar-refractivity contribution is 7.89. The largest absolute Gasteiger partial charge is 0.481 e. The lowest BCUT2D eigenvalue weighted by Crippen LogP contribution is -2.45. The number of benzene rings is 1. The van der Waals surface area contributed by atoms with Gasteiger partial charge in [-0.25, -0.2) is 13.1 Å². The van der Waals surface area contributed by atoms with Gasteiger partial charge in [-0.2, -0.15) is 0 Å². The zero-order chi connectivity index (χ0) is 16.2. The number of carbonyl (C=O) groups is 1. The van der Waals surface area contributed by atoms with Crippen LogP contribution in [0.4, 0.5) is 0 Å². The second kappa shape index (κ2) is 7.19. The first-order chi connectivity index (χ1) is 10.4. The summed E-state index contributed by atoms with van der Waals surface area (Å²) >= 11 is 0. The van der Waals surface area contributed by atoms with Gasteiger partial charge in [-0.3, -0.25) is 9.69 Å². The number of ether oxygens (including phenoxy) is 1. The van der Waals surface area contributed by atoms with Crippen molar-refractivity contribution in [2.45, 2.75) is 23.9 Å². The standard InChI is InChI=1S/C14H20N2O5S/c1-15-22(19,20)13-4-2-11(3-5-13)9-16-6-7-21-10-12(16)8-14(17)18/h2-5,12,15H,6-10H2,1H3,(H,17,18)/t12-/m0/s1. The Bertz CT molecular complexity index is 615. The molecule has 1 heterocycles. The van der Waals surface area contributed by atoms with Crippen molar-refractivity contribution in [3.63, 3.8) is 0 Å². The van der Waals surface area contributed by atoms with Gasteiger partial charge in [0, 0.05) is 19.1 Å². The minimum absolute atomic E-state index is 0.0339. The minimum atomic E-state index is -3.44. The van der Waals surface area contributed by atoms with Crippen molar-refractivity contribution < 1.29 is 23.1 Å². The highest BCUT2D eigenvalue weighted by atomic mass is 32.2. The quantitative estimate of drug-likeness (QED) is 0.778. The third-order valence-electron chi connectivity index (χ3n) is 3.65. The summed E-state index contributed by atoms with van der Waals surface area (Å²) in [6, 6.07) is 6.43. The van der Waals surface area contributed by atoms with Gasteiger partial charge in [0.15, 0.2) is 0 Å². The van der Waals surface area contributed by atoms with Gasteiger partial charge in [0.2, 0.25) is 10.0 Å². The molecule has 0 saturated carbocycles. The Balaban J connectivity index is 2.07. The molecule has 7 nitrogen and oxygen atoms in total. The summed E-state index contributed by atoms with van der Waals surface area (Å²) in [5.74, 6) is -0.851. The fourth-order valence-corrected chi connectivity index (χ4v) is 3.14. The van der Waals surface area contributed by atoms with Crippen molar-refractivity contribution >= 4 is 16.0 Å². The zero-order valence-electron chi connectivity index (χ0n) is 12.4. The van der Waals surface area contributed by atoms with Crippen LogP contribution in [0.15, 0.2) is 29.2 Å². The van der Waals surface area contributed by atoms with E-state index < -0.39 is 16.0 Å². The Hall–Kier alpha value is -1.48. The Morgan fingerprint density at radius 1 is 1.41 bits per heavy atom. The van der Waals surface area contributed by atoms with E-state index in [1.54, 1.807) is 24.3 Å². The lowest BCUT2D eigenvalue weighted by Gasteiger charge is -2.34. The van der Waals surface area contributed by atoms with E-state index in [1.807, 2.05) is 0 Å². The van der Waals surface area contributed by atoms with Crippen molar-refractivity contribution in [1.29, 1.82) is 0 Å². The Kier molecular flexibility index (Phi) is 5.52. The van der Waals surface area contributed by atoms with Crippen LogP contribution in [-0.4, -0.2) is 57.2 Å². The van der Waals surface area contributed by atoms with Crippen LogP contribution in [0.1, 0.15) is 12.0 Å². The first-order valence-electron chi connectivity index (χ1n) is 6.98. The molecule has 0 aromatic heterocycles. The van der Waals surface area contributed by atoms with Crippen LogP contribution in [0.3, 0.4) is 0 Å². The van der Waals surface area contributed by atoms with E-state index in [4.69, 9.17) is 9.84 Å². The van der Waals surface area contributed by atoms with Crippen LogP contribution in [0.5, 0.6) is 0 Å². The molecule has 1 aromatic carbocycles.